The minimum Gasteiger partial charge on any atom is -0.375 e. The van der Waals surface area contributed by atoms with Crippen molar-refractivity contribution in [3.8, 4) is 44.5 Å². The first-order valence-corrected chi connectivity index (χ1v) is 25.8. The molecule has 0 atom stereocenters. The molecule has 0 fully saturated rings. The van der Waals surface area contributed by atoms with Crippen molar-refractivity contribution in [2.45, 2.75) is 105 Å². The molecular weight excluding hydrogens is 856 g/mol. The lowest BCUT2D eigenvalue weighted by molar-refractivity contribution is 0.569. The Bertz CT molecular complexity index is 3770. The second kappa shape index (κ2) is 15.7. The smallest absolute Gasteiger partial charge is 0.333 e. The molecule has 1 aromatic heterocycles. The van der Waals surface area contributed by atoms with Crippen molar-refractivity contribution in [2.75, 3.05) is 4.90 Å². The molecule has 0 unspecified atom stereocenters. The summed E-state index contributed by atoms with van der Waals surface area (Å²) in [5.74, 6) is 0. The van der Waals surface area contributed by atoms with Crippen LogP contribution in [0.25, 0.3) is 77.1 Å². The highest BCUT2D eigenvalue weighted by Crippen LogP contribution is 2.49. The average molecular weight is 921 g/mol. The van der Waals surface area contributed by atoms with E-state index in [1.807, 2.05) is 0 Å². The molecule has 0 aliphatic carbocycles. The van der Waals surface area contributed by atoms with E-state index >= 15 is 0 Å². The molecule has 3 heteroatoms. The Labute approximate surface area is 422 Å². The Balaban J connectivity index is 1.19. The summed E-state index contributed by atoms with van der Waals surface area (Å²) in [6.45, 7) is 27.8. The van der Waals surface area contributed by atoms with Crippen LogP contribution >= 0.6 is 0 Å². The minimum atomic E-state index is -0.0998. The van der Waals surface area contributed by atoms with Gasteiger partial charge in [0.15, 0.2) is 0 Å². The van der Waals surface area contributed by atoms with Crippen LogP contribution < -0.4 is 15.8 Å². The summed E-state index contributed by atoms with van der Waals surface area (Å²) in [6.07, 6.45) is 0. The Morgan fingerprint density at radius 3 is 1.52 bits per heavy atom. The van der Waals surface area contributed by atoms with E-state index in [2.05, 4.69) is 268 Å². The van der Waals surface area contributed by atoms with Gasteiger partial charge in [-0.1, -0.05) is 229 Å². The van der Waals surface area contributed by atoms with Crippen LogP contribution in [-0.2, 0) is 21.7 Å². The van der Waals surface area contributed by atoms with Gasteiger partial charge in [0.25, 0.3) is 0 Å². The largest absolute Gasteiger partial charge is 0.375 e. The Kier molecular flexibility index (Phi) is 9.97. The number of hydrogen-bond acceptors (Lipinski definition) is 1. The summed E-state index contributed by atoms with van der Waals surface area (Å²) in [4.78, 5) is 2.59. The molecule has 12 rings (SSSR count). The number of para-hydroxylation sites is 1. The molecule has 2 aliphatic heterocycles. The molecule has 0 N–H and O–H groups in total. The minimum absolute atomic E-state index is 0.0244. The van der Waals surface area contributed by atoms with Crippen molar-refractivity contribution in [3.63, 3.8) is 0 Å². The molecule has 10 aromatic rings. The average Bonchev–Trinajstić information content (AvgIpc) is 3.69. The number of rotatable bonds is 4. The zero-order chi connectivity index (χ0) is 49.5. The van der Waals surface area contributed by atoms with Gasteiger partial charge in [-0.25, -0.2) is 0 Å². The fourth-order valence-electron chi connectivity index (χ4n) is 11.6. The van der Waals surface area contributed by atoms with E-state index in [4.69, 9.17) is 0 Å². The summed E-state index contributed by atoms with van der Waals surface area (Å²) in [5, 5.41) is 5.14. The zero-order valence-electron chi connectivity index (χ0n) is 43.7. The van der Waals surface area contributed by atoms with Crippen molar-refractivity contribution in [1.82, 2.24) is 4.48 Å². The first kappa shape index (κ1) is 45.1. The highest BCUT2D eigenvalue weighted by molar-refractivity contribution is 6.90. The van der Waals surface area contributed by atoms with E-state index in [-0.39, 0.29) is 28.5 Å². The number of hydrogen-bond donors (Lipinski definition) is 0. The van der Waals surface area contributed by atoms with E-state index in [1.54, 1.807) is 0 Å². The third-order valence-electron chi connectivity index (χ3n) is 15.7. The Morgan fingerprint density at radius 1 is 0.338 bits per heavy atom. The van der Waals surface area contributed by atoms with Gasteiger partial charge in [0, 0.05) is 49.8 Å². The topological polar surface area (TPSA) is 8.17 Å². The molecule has 3 heterocycles. The van der Waals surface area contributed by atoms with Gasteiger partial charge in [0.05, 0.1) is 0 Å². The van der Waals surface area contributed by atoms with E-state index in [0.29, 0.717) is 0 Å². The second-order valence-electron chi connectivity index (χ2n) is 24.7. The molecule has 0 saturated carbocycles. The highest BCUT2D eigenvalue weighted by Gasteiger charge is 2.43. The van der Waals surface area contributed by atoms with Gasteiger partial charge in [0.1, 0.15) is 0 Å². The second-order valence-corrected chi connectivity index (χ2v) is 24.7. The van der Waals surface area contributed by atoms with E-state index in [0.717, 1.165) is 5.69 Å². The molecular formula is C68H65BN2. The molecule has 0 radical (unpaired) electrons. The van der Waals surface area contributed by atoms with E-state index in [1.165, 1.54) is 122 Å². The maximum Gasteiger partial charge on any atom is 0.333 e. The summed E-state index contributed by atoms with van der Waals surface area (Å²) < 4.78 is 2.74. The normalized spacial score (nSPS) is 13.6. The fraction of sp³-hybridized carbons (Fsp3) is 0.235. The molecule has 71 heavy (non-hydrogen) atoms. The third-order valence-corrected chi connectivity index (χ3v) is 15.7. The zero-order valence-corrected chi connectivity index (χ0v) is 43.7. The Morgan fingerprint density at radius 2 is 0.873 bits per heavy atom. The van der Waals surface area contributed by atoms with Crippen molar-refractivity contribution in [2.24, 2.45) is 0 Å². The van der Waals surface area contributed by atoms with Crippen molar-refractivity contribution in [1.29, 1.82) is 0 Å². The summed E-state index contributed by atoms with van der Waals surface area (Å²) in [7, 11) is 0. The van der Waals surface area contributed by atoms with Gasteiger partial charge in [-0.15, -0.1) is 0 Å². The van der Waals surface area contributed by atoms with Crippen LogP contribution in [0.1, 0.15) is 105 Å². The molecule has 0 amide bonds. The standard InChI is InChI=1S/C68H65BN2/c1-65(2,3)49-21-15-19-44(34-49)42-26-30-53(31-27-42)70-60-33-29-46(45-20-16-22-50(35-45)66(4,5)6)39-59(60)69-62-58(38-48(40-61(62)70)47-36-51(67(7,8)9)41-52(37-47)68(10,11)12)56-25-17-24-55-57-32-28-43-18-13-14-23-54(43)63(57)71(69)64(55)56/h13-41H,1-12H3. The first-order chi connectivity index (χ1) is 33.7. The number of fused-ring (bicyclic) bond motifs is 9. The van der Waals surface area contributed by atoms with Crippen LogP contribution in [0, 0.1) is 0 Å². The molecule has 0 bridgehead atoms. The predicted octanol–water partition coefficient (Wildman–Crippen LogP) is 17.6. The van der Waals surface area contributed by atoms with Crippen LogP contribution in [0.15, 0.2) is 176 Å². The molecule has 0 saturated heterocycles. The van der Waals surface area contributed by atoms with E-state index in [9.17, 15) is 0 Å². The molecule has 9 aromatic carbocycles. The summed E-state index contributed by atoms with van der Waals surface area (Å²) in [6, 6.07) is 68.1. The predicted molar refractivity (Wildman–Crippen MR) is 309 cm³/mol. The van der Waals surface area contributed by atoms with Crippen molar-refractivity contribution in [3.05, 3.63) is 198 Å². The van der Waals surface area contributed by atoms with Gasteiger partial charge in [-0.2, -0.15) is 0 Å². The van der Waals surface area contributed by atoms with Crippen LogP contribution in [0.4, 0.5) is 17.1 Å². The van der Waals surface area contributed by atoms with Crippen LogP contribution in [-0.4, -0.2) is 11.3 Å². The third kappa shape index (κ3) is 7.37. The SMILES string of the molecule is CC(C)(C)c1cccc(-c2ccc(N3c4ccc(-c5cccc(C(C)(C)C)c5)cc4B4c5c(cc(-c6cc(C(C)(C)C)cc(C(C)(C)C)c6)cc53)-c3cccc5c6ccc7ccccc7c6n4c35)cc2)c1. The van der Waals surface area contributed by atoms with Gasteiger partial charge in [0.2, 0.25) is 0 Å². The molecule has 350 valence electrons. The van der Waals surface area contributed by atoms with E-state index < -0.39 is 0 Å². The maximum atomic E-state index is 2.74. The van der Waals surface area contributed by atoms with Gasteiger partial charge in [-0.05, 0) is 130 Å². The summed E-state index contributed by atoms with van der Waals surface area (Å²) in [5.41, 5.74) is 24.3. The molecule has 0 spiro atoms. The van der Waals surface area contributed by atoms with Crippen molar-refractivity contribution < 1.29 is 0 Å². The maximum absolute atomic E-state index is 2.74. The monoisotopic (exact) mass is 921 g/mol. The molecule has 2 nitrogen and oxygen atoms in total. The lowest BCUT2D eigenvalue weighted by atomic mass is 9.44. The summed E-state index contributed by atoms with van der Waals surface area (Å²) >= 11 is 0. The van der Waals surface area contributed by atoms with Gasteiger partial charge < -0.3 is 9.38 Å². The van der Waals surface area contributed by atoms with Crippen LogP contribution in [0.5, 0.6) is 0 Å². The quantitative estimate of drug-likeness (QED) is 0.160. The van der Waals surface area contributed by atoms with Gasteiger partial charge >= 0.3 is 6.85 Å². The fourth-order valence-corrected chi connectivity index (χ4v) is 11.6. The lowest BCUT2D eigenvalue weighted by Gasteiger charge is -2.41. The van der Waals surface area contributed by atoms with Crippen LogP contribution in [0.3, 0.4) is 0 Å². The number of aromatic nitrogens is 1. The number of anilines is 3. The first-order valence-electron chi connectivity index (χ1n) is 25.8. The van der Waals surface area contributed by atoms with Gasteiger partial charge in [-0.3, -0.25) is 0 Å². The van der Waals surface area contributed by atoms with Crippen molar-refractivity contribution >= 4 is 67.4 Å². The molecule has 2 aliphatic rings. The Hall–Kier alpha value is -7.10. The lowest BCUT2D eigenvalue weighted by Crippen LogP contribution is -2.56. The number of benzene rings is 9. The number of nitrogens with zero attached hydrogens (tertiary/aromatic N) is 2. The van der Waals surface area contributed by atoms with Crippen LogP contribution in [0.2, 0.25) is 0 Å². The highest BCUT2D eigenvalue weighted by atomic mass is 15.2.